The van der Waals surface area contributed by atoms with E-state index in [2.05, 4.69) is 10.6 Å². The van der Waals surface area contributed by atoms with Crippen LogP contribution in [0.25, 0.3) is 11.1 Å². The van der Waals surface area contributed by atoms with Gasteiger partial charge in [0.05, 0.1) is 12.1 Å². The monoisotopic (exact) mass is 395 g/mol. The number of benzene rings is 2. The minimum absolute atomic E-state index is 0.0436. The Kier molecular flexibility index (Phi) is 5.22. The third-order valence-electron chi connectivity index (χ3n) is 3.58. The Morgan fingerprint density at radius 1 is 1.07 bits per heavy atom. The number of oxazole rings is 1. The highest BCUT2D eigenvalue weighted by molar-refractivity contribution is 6.31. The van der Waals surface area contributed by atoms with Gasteiger partial charge in [0.15, 0.2) is 17.2 Å². The van der Waals surface area contributed by atoms with Crippen molar-refractivity contribution < 1.29 is 22.8 Å². The molecular formula is C17H12ClF2N3O4. The number of hydrogen-bond acceptors (Lipinski definition) is 4. The zero-order valence-electron chi connectivity index (χ0n) is 13.6. The SMILES string of the molecule is O=C(Cn1c(=O)oc2cc(Cl)ccc21)NCC(=O)Nc1ccc(F)c(F)c1. The van der Waals surface area contributed by atoms with Crippen LogP contribution in [-0.2, 0) is 16.1 Å². The lowest BCUT2D eigenvalue weighted by molar-refractivity contribution is -0.124. The second-order valence-electron chi connectivity index (χ2n) is 5.52. The van der Waals surface area contributed by atoms with Crippen LogP contribution >= 0.6 is 11.6 Å². The highest BCUT2D eigenvalue weighted by Gasteiger charge is 2.14. The molecule has 0 aliphatic heterocycles. The van der Waals surface area contributed by atoms with Gasteiger partial charge in [-0.3, -0.25) is 14.2 Å². The molecule has 0 aliphatic carbocycles. The van der Waals surface area contributed by atoms with Crippen molar-refractivity contribution in [1.82, 2.24) is 9.88 Å². The second kappa shape index (κ2) is 7.58. The van der Waals surface area contributed by atoms with Crippen molar-refractivity contribution in [2.75, 3.05) is 11.9 Å². The van der Waals surface area contributed by atoms with Gasteiger partial charge in [0.25, 0.3) is 0 Å². The molecule has 0 saturated carbocycles. The lowest BCUT2D eigenvalue weighted by Crippen LogP contribution is -2.36. The lowest BCUT2D eigenvalue weighted by Gasteiger charge is -2.07. The highest BCUT2D eigenvalue weighted by atomic mass is 35.5. The fraction of sp³-hybridized carbons (Fsp3) is 0.118. The number of nitrogens with one attached hydrogen (secondary N) is 2. The molecule has 0 radical (unpaired) electrons. The Morgan fingerprint density at radius 3 is 2.59 bits per heavy atom. The van der Waals surface area contributed by atoms with Crippen LogP contribution in [0.15, 0.2) is 45.6 Å². The average Bonchev–Trinajstić information content (AvgIpc) is 2.91. The van der Waals surface area contributed by atoms with Crippen molar-refractivity contribution in [1.29, 1.82) is 0 Å². The molecule has 1 heterocycles. The summed E-state index contributed by atoms with van der Waals surface area (Å²) in [4.78, 5) is 35.6. The molecule has 0 bridgehead atoms. The van der Waals surface area contributed by atoms with E-state index in [1.807, 2.05) is 0 Å². The maximum Gasteiger partial charge on any atom is 0.420 e. The minimum Gasteiger partial charge on any atom is -0.408 e. The lowest BCUT2D eigenvalue weighted by atomic mass is 10.3. The average molecular weight is 396 g/mol. The molecule has 2 aromatic carbocycles. The number of amides is 2. The molecule has 3 aromatic rings. The Hall–Kier alpha value is -3.20. The number of fused-ring (bicyclic) bond motifs is 1. The summed E-state index contributed by atoms with van der Waals surface area (Å²) in [6, 6.07) is 7.39. The maximum absolute atomic E-state index is 13.1. The molecule has 140 valence electrons. The molecule has 0 fully saturated rings. The van der Waals surface area contributed by atoms with Crippen LogP contribution in [0.3, 0.4) is 0 Å². The van der Waals surface area contributed by atoms with Gasteiger partial charge in [-0.25, -0.2) is 13.6 Å². The Morgan fingerprint density at radius 2 is 1.85 bits per heavy atom. The Labute approximate surface area is 155 Å². The van der Waals surface area contributed by atoms with E-state index in [0.29, 0.717) is 10.5 Å². The largest absolute Gasteiger partial charge is 0.420 e. The van der Waals surface area contributed by atoms with Gasteiger partial charge in [-0.15, -0.1) is 0 Å². The molecule has 2 N–H and O–H groups in total. The number of anilines is 1. The van der Waals surface area contributed by atoms with Crippen molar-refractivity contribution >= 4 is 40.2 Å². The molecule has 0 unspecified atom stereocenters. The second-order valence-corrected chi connectivity index (χ2v) is 5.96. The van der Waals surface area contributed by atoms with Gasteiger partial charge in [-0.1, -0.05) is 11.6 Å². The van der Waals surface area contributed by atoms with Crippen molar-refractivity contribution in [3.05, 3.63) is 63.6 Å². The fourth-order valence-corrected chi connectivity index (χ4v) is 2.51. The number of aromatic nitrogens is 1. The number of halogens is 3. The topological polar surface area (TPSA) is 93.3 Å². The normalized spacial score (nSPS) is 10.8. The molecule has 10 heteroatoms. The summed E-state index contributed by atoms with van der Waals surface area (Å²) < 4.78 is 32.0. The van der Waals surface area contributed by atoms with E-state index in [0.717, 1.165) is 16.7 Å². The molecular weight excluding hydrogens is 384 g/mol. The number of carbonyl (C=O) groups is 2. The van der Waals surface area contributed by atoms with E-state index >= 15 is 0 Å². The molecule has 0 saturated heterocycles. The summed E-state index contributed by atoms with van der Waals surface area (Å²) in [5, 5.41) is 5.01. The minimum atomic E-state index is -1.11. The fourth-order valence-electron chi connectivity index (χ4n) is 2.35. The summed E-state index contributed by atoms with van der Waals surface area (Å²) in [6.45, 7) is -0.792. The number of carbonyl (C=O) groups excluding carboxylic acids is 2. The van der Waals surface area contributed by atoms with Crippen LogP contribution in [0.1, 0.15) is 0 Å². The number of hydrogen-bond donors (Lipinski definition) is 2. The molecule has 27 heavy (non-hydrogen) atoms. The van der Waals surface area contributed by atoms with Crippen LogP contribution in [0, 0.1) is 11.6 Å². The first-order valence-corrected chi connectivity index (χ1v) is 8.02. The van der Waals surface area contributed by atoms with E-state index in [9.17, 15) is 23.2 Å². The Balaban J connectivity index is 1.60. The van der Waals surface area contributed by atoms with Gasteiger partial charge < -0.3 is 15.1 Å². The maximum atomic E-state index is 13.1. The molecule has 0 spiro atoms. The van der Waals surface area contributed by atoms with Gasteiger partial charge >= 0.3 is 5.76 Å². The predicted molar refractivity (Wildman–Crippen MR) is 93.5 cm³/mol. The van der Waals surface area contributed by atoms with E-state index in [4.69, 9.17) is 16.0 Å². The van der Waals surface area contributed by atoms with Crippen LogP contribution in [0.5, 0.6) is 0 Å². The van der Waals surface area contributed by atoms with Crippen LogP contribution in [0.2, 0.25) is 5.02 Å². The van der Waals surface area contributed by atoms with Gasteiger partial charge in [0.1, 0.15) is 6.54 Å². The number of nitrogens with zero attached hydrogens (tertiary/aromatic N) is 1. The Bertz CT molecular complexity index is 1090. The van der Waals surface area contributed by atoms with E-state index in [1.54, 1.807) is 6.07 Å². The first-order valence-electron chi connectivity index (χ1n) is 7.64. The molecule has 3 rings (SSSR count). The summed E-state index contributed by atoms with van der Waals surface area (Å²) in [7, 11) is 0. The van der Waals surface area contributed by atoms with Crippen LogP contribution in [0.4, 0.5) is 14.5 Å². The third-order valence-corrected chi connectivity index (χ3v) is 3.82. The van der Waals surface area contributed by atoms with E-state index in [1.165, 1.54) is 18.2 Å². The zero-order valence-corrected chi connectivity index (χ0v) is 14.3. The molecule has 0 atom stereocenters. The van der Waals surface area contributed by atoms with Crippen molar-refractivity contribution in [3.8, 4) is 0 Å². The summed E-state index contributed by atoms with van der Waals surface area (Å²) in [5.41, 5.74) is 0.657. The van der Waals surface area contributed by atoms with Crippen LogP contribution in [-0.4, -0.2) is 22.9 Å². The van der Waals surface area contributed by atoms with Crippen molar-refractivity contribution in [2.45, 2.75) is 6.54 Å². The highest BCUT2D eigenvalue weighted by Crippen LogP contribution is 2.18. The third kappa shape index (κ3) is 4.32. The van der Waals surface area contributed by atoms with Gasteiger partial charge in [-0.2, -0.15) is 0 Å². The first-order chi connectivity index (χ1) is 12.8. The van der Waals surface area contributed by atoms with Crippen LogP contribution < -0.4 is 16.4 Å². The summed E-state index contributed by atoms with van der Waals surface area (Å²) >= 11 is 5.82. The van der Waals surface area contributed by atoms with Crippen molar-refractivity contribution in [2.24, 2.45) is 0 Å². The summed E-state index contributed by atoms with van der Waals surface area (Å²) in [5.74, 6) is -4.15. The molecule has 7 nitrogen and oxygen atoms in total. The smallest absolute Gasteiger partial charge is 0.408 e. The van der Waals surface area contributed by atoms with E-state index < -0.39 is 35.7 Å². The molecule has 2 amide bonds. The van der Waals surface area contributed by atoms with Gasteiger partial charge in [-0.05, 0) is 24.3 Å². The standard InChI is InChI=1S/C17H12ClF2N3O4/c18-9-1-4-13-14(5-9)27-17(26)23(13)8-16(25)21-7-15(24)22-10-2-3-11(19)12(20)6-10/h1-6H,7-8H2,(H,21,25)(H,22,24). The first kappa shape index (κ1) is 18.6. The van der Waals surface area contributed by atoms with Gasteiger partial charge in [0, 0.05) is 22.8 Å². The summed E-state index contributed by atoms with van der Waals surface area (Å²) in [6.07, 6.45) is 0. The quantitative estimate of drug-likeness (QED) is 0.693. The predicted octanol–water partition coefficient (Wildman–Crippen LogP) is 2.28. The number of rotatable bonds is 5. The van der Waals surface area contributed by atoms with Gasteiger partial charge in [0.2, 0.25) is 11.8 Å². The van der Waals surface area contributed by atoms with Crippen molar-refractivity contribution in [3.63, 3.8) is 0 Å². The molecule has 0 aliphatic rings. The zero-order chi connectivity index (χ0) is 19.6. The van der Waals surface area contributed by atoms with E-state index in [-0.39, 0.29) is 17.8 Å². The molecule has 1 aromatic heterocycles.